The minimum atomic E-state index is 0.648. The van der Waals surface area contributed by atoms with Crippen LogP contribution in [0.15, 0.2) is 23.6 Å². The van der Waals surface area contributed by atoms with Gasteiger partial charge in [0.2, 0.25) is 0 Å². The third kappa shape index (κ3) is 2.25. The highest BCUT2D eigenvalue weighted by Gasteiger charge is 2.26. The fourth-order valence-corrected chi connectivity index (χ4v) is 3.18. The molecule has 0 radical (unpaired) electrons. The normalized spacial score (nSPS) is 26.6. The van der Waals surface area contributed by atoms with Crippen molar-refractivity contribution in [1.29, 1.82) is 0 Å². The van der Waals surface area contributed by atoms with Gasteiger partial charge < -0.3 is 5.32 Å². The van der Waals surface area contributed by atoms with Crippen molar-refractivity contribution in [3.8, 4) is 0 Å². The molecule has 4 heteroatoms. The van der Waals surface area contributed by atoms with Crippen molar-refractivity contribution < 1.29 is 0 Å². The van der Waals surface area contributed by atoms with E-state index in [0.29, 0.717) is 11.3 Å². The van der Waals surface area contributed by atoms with Crippen molar-refractivity contribution in [1.82, 2.24) is 15.3 Å². The van der Waals surface area contributed by atoms with Crippen molar-refractivity contribution in [3.05, 3.63) is 18.6 Å². The molecule has 1 N–H and O–H groups in total. The molecule has 0 spiro atoms. The summed E-state index contributed by atoms with van der Waals surface area (Å²) < 4.78 is 0. The smallest absolute Gasteiger partial charge is 0.116 e. The Labute approximate surface area is 88.7 Å². The van der Waals surface area contributed by atoms with E-state index in [-0.39, 0.29) is 0 Å². The predicted molar refractivity (Wildman–Crippen MR) is 58.4 cm³/mol. The Kier molecular flexibility index (Phi) is 3.37. The van der Waals surface area contributed by atoms with E-state index in [1.807, 2.05) is 24.9 Å². The monoisotopic (exact) mass is 209 g/mol. The second kappa shape index (κ2) is 4.75. The molecule has 2 unspecified atom stereocenters. The van der Waals surface area contributed by atoms with E-state index in [9.17, 15) is 0 Å². The molecule has 3 nitrogen and oxygen atoms in total. The van der Waals surface area contributed by atoms with Crippen molar-refractivity contribution >= 4 is 11.8 Å². The predicted octanol–water partition coefficient (Wildman–Crippen LogP) is 1.71. The lowest BCUT2D eigenvalue weighted by molar-refractivity contribution is 0.591. The molecule has 2 atom stereocenters. The zero-order chi connectivity index (χ0) is 9.80. The van der Waals surface area contributed by atoms with Crippen LogP contribution in [0.5, 0.6) is 0 Å². The fraction of sp³-hybridized carbons (Fsp3) is 0.600. The van der Waals surface area contributed by atoms with Crippen LogP contribution >= 0.6 is 11.8 Å². The number of rotatable bonds is 3. The highest BCUT2D eigenvalue weighted by atomic mass is 32.2. The summed E-state index contributed by atoms with van der Waals surface area (Å²) in [7, 11) is 2.05. The van der Waals surface area contributed by atoms with E-state index in [4.69, 9.17) is 0 Å². The molecule has 2 rings (SSSR count). The Morgan fingerprint density at radius 1 is 1.50 bits per heavy atom. The summed E-state index contributed by atoms with van der Waals surface area (Å²) in [5, 5.41) is 5.14. The van der Waals surface area contributed by atoms with Crippen molar-refractivity contribution in [2.45, 2.75) is 35.6 Å². The third-order valence-corrected chi connectivity index (χ3v) is 4.00. The molecule has 1 aromatic heterocycles. The summed E-state index contributed by atoms with van der Waals surface area (Å²) in [4.78, 5) is 8.15. The van der Waals surface area contributed by atoms with Gasteiger partial charge in [0.15, 0.2) is 0 Å². The average Bonchev–Trinajstić information content (AvgIpc) is 2.67. The molecule has 1 aliphatic carbocycles. The lowest BCUT2D eigenvalue weighted by Gasteiger charge is -2.17. The van der Waals surface area contributed by atoms with Gasteiger partial charge in [0.05, 0.1) is 5.03 Å². The topological polar surface area (TPSA) is 37.8 Å². The molecule has 0 aromatic carbocycles. The SMILES string of the molecule is CNC1CCCC1Sc1ccncn1. The van der Waals surface area contributed by atoms with Gasteiger partial charge in [-0.15, -0.1) is 11.8 Å². The molecule has 1 heterocycles. The van der Waals surface area contributed by atoms with Gasteiger partial charge in [-0.3, -0.25) is 0 Å². The maximum absolute atomic E-state index is 4.24. The number of thioether (sulfide) groups is 1. The lowest BCUT2D eigenvalue weighted by Crippen LogP contribution is -2.30. The van der Waals surface area contributed by atoms with Crippen LogP contribution in [0.2, 0.25) is 0 Å². The molecule has 0 aliphatic heterocycles. The standard InChI is InChI=1S/C10H15N3S/c1-11-8-3-2-4-9(8)14-10-5-6-12-7-13-10/h5-9,11H,2-4H2,1H3. The molecule has 76 valence electrons. The molecular formula is C10H15N3S. The zero-order valence-electron chi connectivity index (χ0n) is 8.31. The molecule has 1 fully saturated rings. The fourth-order valence-electron chi connectivity index (χ4n) is 1.90. The van der Waals surface area contributed by atoms with E-state index in [0.717, 1.165) is 5.03 Å². The Hall–Kier alpha value is -0.610. The Morgan fingerprint density at radius 3 is 3.14 bits per heavy atom. The van der Waals surface area contributed by atoms with Crippen LogP contribution in [-0.2, 0) is 0 Å². The number of hydrogen-bond acceptors (Lipinski definition) is 4. The summed E-state index contributed by atoms with van der Waals surface area (Å²) in [6, 6.07) is 2.63. The Balaban J connectivity index is 1.97. The van der Waals surface area contributed by atoms with Gasteiger partial charge in [0.1, 0.15) is 6.33 Å². The summed E-state index contributed by atoms with van der Waals surface area (Å²) in [6.45, 7) is 0. The number of nitrogens with zero attached hydrogens (tertiary/aromatic N) is 2. The maximum atomic E-state index is 4.24. The second-order valence-corrected chi connectivity index (χ2v) is 4.79. The van der Waals surface area contributed by atoms with E-state index in [1.54, 1.807) is 12.5 Å². The summed E-state index contributed by atoms with van der Waals surface area (Å²) in [5.41, 5.74) is 0. The van der Waals surface area contributed by atoms with Gasteiger partial charge in [-0.1, -0.05) is 6.42 Å². The Morgan fingerprint density at radius 2 is 2.43 bits per heavy atom. The third-order valence-electron chi connectivity index (χ3n) is 2.65. The highest BCUT2D eigenvalue weighted by Crippen LogP contribution is 2.33. The van der Waals surface area contributed by atoms with E-state index in [2.05, 4.69) is 15.3 Å². The largest absolute Gasteiger partial charge is 0.316 e. The minimum Gasteiger partial charge on any atom is -0.316 e. The quantitative estimate of drug-likeness (QED) is 0.769. The first-order valence-electron chi connectivity index (χ1n) is 5.00. The van der Waals surface area contributed by atoms with Gasteiger partial charge in [-0.05, 0) is 26.0 Å². The maximum Gasteiger partial charge on any atom is 0.116 e. The first kappa shape index (κ1) is 9.93. The first-order valence-corrected chi connectivity index (χ1v) is 5.88. The first-order chi connectivity index (χ1) is 6.90. The summed E-state index contributed by atoms with van der Waals surface area (Å²) in [6.07, 6.45) is 7.33. The van der Waals surface area contributed by atoms with Crippen LogP contribution in [0.3, 0.4) is 0 Å². The summed E-state index contributed by atoms with van der Waals surface area (Å²) in [5.74, 6) is 0. The number of hydrogen-bond donors (Lipinski definition) is 1. The molecule has 14 heavy (non-hydrogen) atoms. The molecule has 1 aromatic rings. The number of aromatic nitrogens is 2. The Bertz CT molecular complexity index is 278. The van der Waals surface area contributed by atoms with Crippen molar-refractivity contribution in [2.75, 3.05) is 7.05 Å². The van der Waals surface area contributed by atoms with Crippen LogP contribution in [0.1, 0.15) is 19.3 Å². The lowest BCUT2D eigenvalue weighted by atomic mass is 10.2. The van der Waals surface area contributed by atoms with Crippen LogP contribution in [-0.4, -0.2) is 28.3 Å². The van der Waals surface area contributed by atoms with Gasteiger partial charge in [-0.25, -0.2) is 9.97 Å². The van der Waals surface area contributed by atoms with E-state index < -0.39 is 0 Å². The zero-order valence-corrected chi connectivity index (χ0v) is 9.13. The number of nitrogens with one attached hydrogen (secondary N) is 1. The molecule has 0 amide bonds. The van der Waals surface area contributed by atoms with Crippen LogP contribution in [0.4, 0.5) is 0 Å². The molecule has 1 aliphatic rings. The molecular weight excluding hydrogens is 194 g/mol. The van der Waals surface area contributed by atoms with Gasteiger partial charge in [0, 0.05) is 17.5 Å². The minimum absolute atomic E-state index is 0.648. The van der Waals surface area contributed by atoms with Crippen LogP contribution in [0.25, 0.3) is 0 Å². The second-order valence-electron chi connectivity index (χ2n) is 3.53. The molecule has 0 saturated heterocycles. The van der Waals surface area contributed by atoms with E-state index >= 15 is 0 Å². The van der Waals surface area contributed by atoms with Crippen molar-refractivity contribution in [3.63, 3.8) is 0 Å². The average molecular weight is 209 g/mol. The van der Waals surface area contributed by atoms with Gasteiger partial charge in [-0.2, -0.15) is 0 Å². The van der Waals surface area contributed by atoms with Gasteiger partial charge >= 0.3 is 0 Å². The molecule has 1 saturated carbocycles. The van der Waals surface area contributed by atoms with E-state index in [1.165, 1.54) is 19.3 Å². The van der Waals surface area contributed by atoms with Crippen molar-refractivity contribution in [2.24, 2.45) is 0 Å². The van der Waals surface area contributed by atoms with Crippen LogP contribution in [0, 0.1) is 0 Å². The highest BCUT2D eigenvalue weighted by molar-refractivity contribution is 7.99. The van der Waals surface area contributed by atoms with Gasteiger partial charge in [0.25, 0.3) is 0 Å². The van der Waals surface area contributed by atoms with Crippen LogP contribution < -0.4 is 5.32 Å². The molecule has 0 bridgehead atoms. The summed E-state index contributed by atoms with van der Waals surface area (Å²) >= 11 is 1.87.